The smallest absolute Gasteiger partial charge is 0.250 e. The number of carbonyl (C=O) groups excluding carboxylic acids is 1. The second-order valence-electron chi connectivity index (χ2n) is 6.40. The van der Waals surface area contributed by atoms with Gasteiger partial charge in [0.25, 0.3) is 0 Å². The van der Waals surface area contributed by atoms with Crippen LogP contribution in [0.15, 0.2) is 34.5 Å². The summed E-state index contributed by atoms with van der Waals surface area (Å²) in [5, 5.41) is 0.943. The lowest BCUT2D eigenvalue weighted by Crippen LogP contribution is -2.42. The minimum atomic E-state index is -3.47. The number of piperidine rings is 1. The summed E-state index contributed by atoms with van der Waals surface area (Å²) in [6.45, 7) is 2.76. The van der Waals surface area contributed by atoms with E-state index in [0.717, 1.165) is 36.0 Å². The Morgan fingerprint density at radius 2 is 2.16 bits per heavy atom. The highest BCUT2D eigenvalue weighted by Crippen LogP contribution is 2.28. The van der Waals surface area contributed by atoms with E-state index in [0.29, 0.717) is 23.7 Å². The molecule has 136 valence electrons. The molecule has 3 N–H and O–H groups in total. The second kappa shape index (κ2) is 7.82. The number of thiophene rings is 1. The molecule has 6 nitrogen and oxygen atoms in total. The van der Waals surface area contributed by atoms with Gasteiger partial charge < -0.3 is 10.6 Å². The summed E-state index contributed by atoms with van der Waals surface area (Å²) in [5.74, 6) is -0.320. The maximum atomic E-state index is 12.4. The molecule has 0 spiro atoms. The van der Waals surface area contributed by atoms with Crippen molar-refractivity contribution in [1.29, 1.82) is 0 Å². The van der Waals surface area contributed by atoms with Crippen molar-refractivity contribution in [3.63, 3.8) is 0 Å². The van der Waals surface area contributed by atoms with Crippen LogP contribution in [0.25, 0.3) is 10.1 Å². The van der Waals surface area contributed by atoms with E-state index in [4.69, 9.17) is 5.73 Å². The molecule has 1 saturated heterocycles. The lowest BCUT2D eigenvalue weighted by atomic mass is 9.97. The van der Waals surface area contributed by atoms with E-state index >= 15 is 0 Å². The maximum Gasteiger partial charge on any atom is 0.250 e. The van der Waals surface area contributed by atoms with Crippen LogP contribution in [0.4, 0.5) is 0 Å². The van der Waals surface area contributed by atoms with E-state index in [1.807, 2.05) is 24.3 Å². The van der Waals surface area contributed by atoms with E-state index in [-0.39, 0.29) is 11.8 Å². The van der Waals surface area contributed by atoms with Crippen LogP contribution >= 0.6 is 11.3 Å². The van der Waals surface area contributed by atoms with Gasteiger partial charge >= 0.3 is 0 Å². The van der Waals surface area contributed by atoms with Gasteiger partial charge in [0.2, 0.25) is 15.9 Å². The molecule has 1 aromatic carbocycles. The molecule has 1 aliphatic heterocycles. The number of nitrogens with zero attached hydrogens (tertiary/aromatic N) is 1. The minimum absolute atomic E-state index is 0.0796. The van der Waals surface area contributed by atoms with Crippen molar-refractivity contribution < 1.29 is 13.2 Å². The number of nitrogens with one attached hydrogen (secondary N) is 1. The Morgan fingerprint density at radius 1 is 1.36 bits per heavy atom. The molecule has 3 rings (SSSR count). The first-order chi connectivity index (χ1) is 12.0. The molecule has 25 heavy (non-hydrogen) atoms. The largest absolute Gasteiger partial charge is 0.369 e. The third-order valence-corrected chi connectivity index (χ3v) is 7.57. The van der Waals surface area contributed by atoms with Crippen LogP contribution in [0.5, 0.6) is 0 Å². The Kier molecular flexibility index (Phi) is 5.73. The number of primary amides is 1. The summed E-state index contributed by atoms with van der Waals surface area (Å²) in [4.78, 5) is 13.5. The molecule has 0 aliphatic carbocycles. The van der Waals surface area contributed by atoms with Crippen molar-refractivity contribution in [1.82, 2.24) is 9.62 Å². The van der Waals surface area contributed by atoms with E-state index < -0.39 is 10.0 Å². The number of amides is 1. The van der Waals surface area contributed by atoms with E-state index in [2.05, 4.69) is 9.62 Å². The van der Waals surface area contributed by atoms with Crippen molar-refractivity contribution >= 4 is 37.4 Å². The molecule has 1 amide bonds. The Bertz CT molecular complexity index is 815. The number of sulfonamides is 1. The number of fused-ring (bicyclic) bond motifs is 1. The summed E-state index contributed by atoms with van der Waals surface area (Å²) in [6, 6.07) is 9.35. The molecule has 2 heterocycles. The van der Waals surface area contributed by atoms with Gasteiger partial charge in [-0.2, -0.15) is 0 Å². The van der Waals surface area contributed by atoms with Gasteiger partial charge in [-0.15, -0.1) is 11.3 Å². The van der Waals surface area contributed by atoms with E-state index in [9.17, 15) is 13.2 Å². The summed E-state index contributed by atoms with van der Waals surface area (Å²) in [6.07, 6.45) is 2.52. The summed E-state index contributed by atoms with van der Waals surface area (Å²) >= 11 is 1.28. The highest BCUT2D eigenvalue weighted by atomic mass is 32.2. The van der Waals surface area contributed by atoms with Crippen molar-refractivity contribution in [3.8, 4) is 0 Å². The lowest BCUT2D eigenvalue weighted by Gasteiger charge is -2.31. The zero-order valence-corrected chi connectivity index (χ0v) is 15.6. The zero-order valence-electron chi connectivity index (χ0n) is 14.0. The van der Waals surface area contributed by atoms with Crippen molar-refractivity contribution in [2.75, 3.05) is 26.2 Å². The van der Waals surface area contributed by atoms with Gasteiger partial charge in [0.05, 0.1) is 5.92 Å². The van der Waals surface area contributed by atoms with Crippen molar-refractivity contribution in [2.45, 2.75) is 23.5 Å². The van der Waals surface area contributed by atoms with Crippen LogP contribution in [0, 0.1) is 5.92 Å². The number of nitrogens with two attached hydrogens (primary N) is 1. The van der Waals surface area contributed by atoms with Crippen molar-refractivity contribution in [2.24, 2.45) is 11.7 Å². The van der Waals surface area contributed by atoms with Crippen LogP contribution in [-0.2, 0) is 14.8 Å². The van der Waals surface area contributed by atoms with E-state index in [1.165, 1.54) is 11.3 Å². The highest BCUT2D eigenvalue weighted by molar-refractivity contribution is 7.91. The first-order valence-electron chi connectivity index (χ1n) is 8.45. The molecule has 1 aliphatic rings. The Balaban J connectivity index is 1.50. The third-order valence-electron chi connectivity index (χ3n) is 4.52. The molecule has 1 fully saturated rings. The molecule has 8 heteroatoms. The molecular formula is C17H23N3O3S2. The first-order valence-corrected chi connectivity index (χ1v) is 10.8. The third kappa shape index (κ3) is 4.58. The summed E-state index contributed by atoms with van der Waals surface area (Å²) in [5.41, 5.74) is 5.38. The standard InChI is InChI=1S/C17H23N3O3S2/c18-17(21)14-6-3-9-20(12-14)10-4-8-19-25(22,23)16-11-13-5-1-2-7-15(13)24-16/h1-2,5,7,11,14,19H,3-4,6,8-10,12H2,(H2,18,21). The zero-order chi connectivity index (χ0) is 17.9. The molecule has 0 saturated carbocycles. The minimum Gasteiger partial charge on any atom is -0.369 e. The maximum absolute atomic E-state index is 12.4. The number of hydrogen-bond acceptors (Lipinski definition) is 5. The lowest BCUT2D eigenvalue weighted by molar-refractivity contribution is -0.123. The normalized spacial score (nSPS) is 19.3. The Labute approximate surface area is 152 Å². The topological polar surface area (TPSA) is 92.5 Å². The van der Waals surface area contributed by atoms with Gasteiger partial charge in [0.15, 0.2) is 0 Å². The second-order valence-corrected chi connectivity index (χ2v) is 9.47. The van der Waals surface area contributed by atoms with Crippen LogP contribution in [-0.4, -0.2) is 45.4 Å². The summed E-state index contributed by atoms with van der Waals surface area (Å²) in [7, 11) is -3.47. The van der Waals surface area contributed by atoms with Gasteiger partial charge in [-0.05, 0) is 49.9 Å². The van der Waals surface area contributed by atoms with Gasteiger partial charge in [-0.25, -0.2) is 13.1 Å². The number of carbonyl (C=O) groups is 1. The van der Waals surface area contributed by atoms with Crippen LogP contribution < -0.4 is 10.5 Å². The van der Waals surface area contributed by atoms with Crippen LogP contribution in [0.3, 0.4) is 0 Å². The molecule has 0 radical (unpaired) electrons. The van der Waals surface area contributed by atoms with Gasteiger partial charge in [-0.3, -0.25) is 4.79 Å². The van der Waals surface area contributed by atoms with Gasteiger partial charge in [-0.1, -0.05) is 18.2 Å². The first kappa shape index (κ1) is 18.3. The predicted molar refractivity (Wildman–Crippen MR) is 100.0 cm³/mol. The van der Waals surface area contributed by atoms with E-state index in [1.54, 1.807) is 6.07 Å². The molecule has 1 aromatic heterocycles. The molecule has 0 bridgehead atoms. The van der Waals surface area contributed by atoms with Crippen LogP contribution in [0.1, 0.15) is 19.3 Å². The van der Waals surface area contributed by atoms with Crippen LogP contribution in [0.2, 0.25) is 0 Å². The average Bonchev–Trinajstić information content (AvgIpc) is 3.04. The monoisotopic (exact) mass is 381 g/mol. The molecule has 2 aromatic rings. The fraction of sp³-hybridized carbons (Fsp3) is 0.471. The number of rotatable bonds is 7. The fourth-order valence-corrected chi connectivity index (χ4v) is 5.68. The van der Waals surface area contributed by atoms with Gasteiger partial charge in [0.1, 0.15) is 4.21 Å². The molecule has 1 atom stereocenters. The molecular weight excluding hydrogens is 358 g/mol. The predicted octanol–water partition coefficient (Wildman–Crippen LogP) is 1.77. The number of likely N-dealkylation sites (tertiary alicyclic amines) is 1. The Morgan fingerprint density at radius 3 is 2.92 bits per heavy atom. The highest BCUT2D eigenvalue weighted by Gasteiger charge is 2.23. The SMILES string of the molecule is NC(=O)C1CCCN(CCCNS(=O)(=O)c2cc3ccccc3s2)C1. The van der Waals surface area contributed by atoms with Crippen molar-refractivity contribution in [3.05, 3.63) is 30.3 Å². The number of hydrogen-bond donors (Lipinski definition) is 2. The fourth-order valence-electron chi connectivity index (χ4n) is 3.16. The quantitative estimate of drug-likeness (QED) is 0.715. The van der Waals surface area contributed by atoms with Gasteiger partial charge in [0, 0.05) is 17.8 Å². The molecule has 1 unspecified atom stereocenters. The number of benzene rings is 1. The summed E-state index contributed by atoms with van der Waals surface area (Å²) < 4.78 is 28.8. The average molecular weight is 382 g/mol. The Hall–Kier alpha value is -1.48.